The summed E-state index contributed by atoms with van der Waals surface area (Å²) in [7, 11) is 0. The van der Waals surface area contributed by atoms with Crippen LogP contribution in [-0.4, -0.2) is 27.7 Å². The van der Waals surface area contributed by atoms with Crippen molar-refractivity contribution in [3.05, 3.63) is 53.5 Å². The van der Waals surface area contributed by atoms with Gasteiger partial charge in [-0.1, -0.05) is 18.0 Å². The molecule has 3 rings (SSSR count). The Labute approximate surface area is 174 Å². The van der Waals surface area contributed by atoms with E-state index in [0.717, 1.165) is 23.1 Å². The van der Waals surface area contributed by atoms with Gasteiger partial charge in [0, 0.05) is 29.6 Å². The predicted molar refractivity (Wildman–Crippen MR) is 115 cm³/mol. The summed E-state index contributed by atoms with van der Waals surface area (Å²) >= 11 is 1.31. The lowest BCUT2D eigenvalue weighted by Gasteiger charge is -2.26. The van der Waals surface area contributed by atoms with Crippen molar-refractivity contribution in [1.82, 2.24) is 15.5 Å². The molecule has 1 N–H and O–H groups in total. The van der Waals surface area contributed by atoms with Crippen molar-refractivity contribution in [2.75, 3.05) is 6.26 Å². The van der Waals surface area contributed by atoms with E-state index < -0.39 is 11.0 Å². The van der Waals surface area contributed by atoms with Gasteiger partial charge >= 0.3 is 0 Å². The number of amides is 1. The summed E-state index contributed by atoms with van der Waals surface area (Å²) in [5, 5.41) is 7.92. The molecule has 6 nitrogen and oxygen atoms in total. The maximum Gasteiger partial charge on any atom is 0.272 e. The lowest BCUT2D eigenvalue weighted by molar-refractivity contribution is -0.126. The molecule has 1 amide bonds. The molecule has 3 aromatic rings. The SMILES string of the molecule is C#Cc1cnc2ccc(OC(SC)C(=O)NC(C)(C)c3cc(CC)on3)cc2c1. The van der Waals surface area contributed by atoms with Crippen molar-refractivity contribution in [3.63, 3.8) is 0 Å². The number of pyridine rings is 1. The predicted octanol–water partition coefficient (Wildman–Crippen LogP) is 3.89. The van der Waals surface area contributed by atoms with Crippen LogP contribution in [0.15, 0.2) is 41.1 Å². The molecule has 150 valence electrons. The molecule has 0 aliphatic carbocycles. The van der Waals surface area contributed by atoms with Gasteiger partial charge in [-0.15, -0.1) is 18.2 Å². The Kier molecular flexibility index (Phi) is 6.14. The fraction of sp³-hybridized carbons (Fsp3) is 0.318. The van der Waals surface area contributed by atoms with E-state index in [0.29, 0.717) is 17.0 Å². The minimum absolute atomic E-state index is 0.251. The normalized spacial score (nSPS) is 12.4. The molecule has 7 heteroatoms. The van der Waals surface area contributed by atoms with Gasteiger partial charge in [0.15, 0.2) is 0 Å². The van der Waals surface area contributed by atoms with Crippen LogP contribution in [0.25, 0.3) is 10.9 Å². The van der Waals surface area contributed by atoms with Gasteiger partial charge in [0.2, 0.25) is 5.44 Å². The third kappa shape index (κ3) is 4.72. The monoisotopic (exact) mass is 409 g/mol. The molecule has 1 aromatic carbocycles. The number of rotatable bonds is 7. The topological polar surface area (TPSA) is 77.2 Å². The highest BCUT2D eigenvalue weighted by Gasteiger charge is 2.30. The van der Waals surface area contributed by atoms with Crippen LogP contribution in [-0.2, 0) is 16.8 Å². The van der Waals surface area contributed by atoms with Crippen molar-refractivity contribution >= 4 is 28.6 Å². The molecule has 2 aromatic heterocycles. The largest absolute Gasteiger partial charge is 0.470 e. The lowest BCUT2D eigenvalue weighted by Crippen LogP contribution is -2.46. The zero-order valence-corrected chi connectivity index (χ0v) is 17.7. The summed E-state index contributed by atoms with van der Waals surface area (Å²) in [6, 6.07) is 9.18. The summed E-state index contributed by atoms with van der Waals surface area (Å²) in [6.45, 7) is 5.74. The second-order valence-corrected chi connectivity index (χ2v) is 7.95. The van der Waals surface area contributed by atoms with Crippen molar-refractivity contribution in [3.8, 4) is 18.1 Å². The number of fused-ring (bicyclic) bond motifs is 1. The van der Waals surface area contributed by atoms with Crippen LogP contribution >= 0.6 is 11.8 Å². The highest BCUT2D eigenvalue weighted by Crippen LogP contribution is 2.25. The number of aryl methyl sites for hydroxylation is 1. The Hall–Kier alpha value is -2.98. The summed E-state index contributed by atoms with van der Waals surface area (Å²) in [4.78, 5) is 17.2. The number of ether oxygens (including phenoxy) is 1. The van der Waals surface area contributed by atoms with E-state index in [4.69, 9.17) is 15.7 Å². The average molecular weight is 410 g/mol. The van der Waals surface area contributed by atoms with E-state index in [-0.39, 0.29) is 5.91 Å². The van der Waals surface area contributed by atoms with Gasteiger partial charge in [-0.25, -0.2) is 0 Å². The van der Waals surface area contributed by atoms with Crippen LogP contribution in [0.3, 0.4) is 0 Å². The molecule has 0 fully saturated rings. The second-order valence-electron chi connectivity index (χ2n) is 7.05. The first-order valence-electron chi connectivity index (χ1n) is 9.20. The summed E-state index contributed by atoms with van der Waals surface area (Å²) in [6.07, 6.45) is 9.66. The van der Waals surface area contributed by atoms with Gasteiger partial charge in [0.05, 0.1) is 11.1 Å². The van der Waals surface area contributed by atoms with Crippen molar-refractivity contribution in [1.29, 1.82) is 0 Å². The fourth-order valence-corrected chi connectivity index (χ4v) is 3.28. The highest BCUT2D eigenvalue weighted by molar-refractivity contribution is 7.99. The zero-order valence-electron chi connectivity index (χ0n) is 16.9. The first-order valence-corrected chi connectivity index (χ1v) is 10.5. The van der Waals surface area contributed by atoms with Crippen molar-refractivity contribution in [2.24, 2.45) is 0 Å². The lowest BCUT2D eigenvalue weighted by atomic mass is 10.0. The molecule has 0 aliphatic heterocycles. The van der Waals surface area contributed by atoms with Gasteiger partial charge < -0.3 is 14.6 Å². The Morgan fingerprint density at radius 3 is 2.83 bits per heavy atom. The second kappa shape index (κ2) is 8.58. The van der Waals surface area contributed by atoms with E-state index in [1.165, 1.54) is 11.8 Å². The molecule has 2 heterocycles. The molecular weight excluding hydrogens is 386 g/mol. The number of aromatic nitrogens is 2. The van der Waals surface area contributed by atoms with Crippen molar-refractivity contribution in [2.45, 2.75) is 38.2 Å². The third-order valence-electron chi connectivity index (χ3n) is 4.47. The standard InChI is InChI=1S/C22H23N3O3S/c1-6-14-10-15-11-17(8-9-18(15)23-13-14)27-21(29-5)20(26)24-22(3,4)19-12-16(7-2)28-25-19/h1,8-13,21H,7H2,2-5H3,(H,24,26). The molecule has 0 bridgehead atoms. The molecule has 0 aliphatic rings. The number of nitrogens with one attached hydrogen (secondary N) is 1. The quantitative estimate of drug-likeness (QED) is 0.471. The van der Waals surface area contributed by atoms with E-state index in [9.17, 15) is 4.79 Å². The summed E-state index contributed by atoms with van der Waals surface area (Å²) in [5.74, 6) is 3.66. The number of carbonyl (C=O) groups is 1. The zero-order chi connectivity index (χ0) is 21.0. The molecule has 1 unspecified atom stereocenters. The number of hydrogen-bond acceptors (Lipinski definition) is 6. The number of terminal acetylenes is 1. The number of hydrogen-bond donors (Lipinski definition) is 1. The van der Waals surface area contributed by atoms with Crippen LogP contribution in [0, 0.1) is 12.3 Å². The van der Waals surface area contributed by atoms with Gasteiger partial charge in [-0.2, -0.15) is 0 Å². The number of nitrogens with zero attached hydrogens (tertiary/aromatic N) is 2. The molecule has 29 heavy (non-hydrogen) atoms. The van der Waals surface area contributed by atoms with Crippen LogP contribution in [0.2, 0.25) is 0 Å². The van der Waals surface area contributed by atoms with E-state index in [1.54, 1.807) is 12.3 Å². The smallest absolute Gasteiger partial charge is 0.272 e. The van der Waals surface area contributed by atoms with Gasteiger partial charge in [-0.3, -0.25) is 9.78 Å². The first kappa shape index (κ1) is 20.7. The Morgan fingerprint density at radius 2 is 2.17 bits per heavy atom. The molecule has 0 radical (unpaired) electrons. The van der Waals surface area contributed by atoms with Crippen LogP contribution < -0.4 is 10.1 Å². The van der Waals surface area contributed by atoms with E-state index in [2.05, 4.69) is 21.4 Å². The number of thioether (sulfide) groups is 1. The average Bonchev–Trinajstić information content (AvgIpc) is 3.21. The van der Waals surface area contributed by atoms with E-state index in [1.807, 2.05) is 51.3 Å². The Balaban J connectivity index is 1.75. The van der Waals surface area contributed by atoms with Crippen LogP contribution in [0.1, 0.15) is 37.8 Å². The number of carbonyl (C=O) groups excluding carboxylic acids is 1. The minimum atomic E-state index is -0.729. The highest BCUT2D eigenvalue weighted by atomic mass is 32.2. The Morgan fingerprint density at radius 1 is 1.38 bits per heavy atom. The molecule has 0 saturated heterocycles. The van der Waals surface area contributed by atoms with E-state index >= 15 is 0 Å². The minimum Gasteiger partial charge on any atom is -0.470 e. The fourth-order valence-electron chi connectivity index (χ4n) is 2.80. The molecular formula is C22H23N3O3S. The maximum absolute atomic E-state index is 12.9. The van der Waals surface area contributed by atoms with Crippen LogP contribution in [0.4, 0.5) is 0 Å². The van der Waals surface area contributed by atoms with Crippen LogP contribution in [0.5, 0.6) is 5.75 Å². The first-order chi connectivity index (χ1) is 13.9. The maximum atomic E-state index is 12.9. The van der Waals surface area contributed by atoms with Gasteiger partial charge in [0.1, 0.15) is 17.2 Å². The summed E-state index contributed by atoms with van der Waals surface area (Å²) < 4.78 is 11.2. The third-order valence-corrected chi connectivity index (χ3v) is 5.21. The molecule has 0 saturated carbocycles. The summed E-state index contributed by atoms with van der Waals surface area (Å²) in [5.41, 5.74) is 0.740. The molecule has 1 atom stereocenters. The van der Waals surface area contributed by atoms with Crippen molar-refractivity contribution < 1.29 is 14.1 Å². The van der Waals surface area contributed by atoms with Gasteiger partial charge in [0.25, 0.3) is 5.91 Å². The number of benzene rings is 1. The molecule has 0 spiro atoms. The van der Waals surface area contributed by atoms with Gasteiger partial charge in [-0.05, 0) is 44.4 Å². The Bertz CT molecular complexity index is 1070.